The molecule has 1 heterocycles. The molecular formula is C13H18N2O3. The number of methoxy groups -OCH3 is 2. The van der Waals surface area contributed by atoms with Crippen LogP contribution in [0.3, 0.4) is 0 Å². The summed E-state index contributed by atoms with van der Waals surface area (Å²) < 4.78 is 10.5. The number of fused-ring (bicyclic) bond motifs is 1. The monoisotopic (exact) mass is 250 g/mol. The Balaban J connectivity index is 2.53. The van der Waals surface area contributed by atoms with Gasteiger partial charge in [-0.2, -0.15) is 0 Å². The highest BCUT2D eigenvalue weighted by molar-refractivity contribution is 6.02. The third-order valence-corrected chi connectivity index (χ3v) is 3.02. The number of carbonyl (C=O) groups is 1. The minimum Gasteiger partial charge on any atom is -0.493 e. The molecule has 5 nitrogen and oxygen atoms in total. The van der Waals surface area contributed by atoms with Crippen LogP contribution in [0, 0.1) is 0 Å². The van der Waals surface area contributed by atoms with Crippen molar-refractivity contribution in [3.63, 3.8) is 0 Å². The Bertz CT molecular complexity index is 472. The molecule has 1 aromatic carbocycles. The van der Waals surface area contributed by atoms with Gasteiger partial charge in [-0.15, -0.1) is 0 Å². The number of nitrogens with one attached hydrogen (secondary N) is 1. The molecule has 0 unspecified atom stereocenters. The Labute approximate surface area is 107 Å². The molecule has 0 bridgehead atoms. The van der Waals surface area contributed by atoms with E-state index < -0.39 is 0 Å². The first-order valence-corrected chi connectivity index (χ1v) is 5.89. The van der Waals surface area contributed by atoms with Gasteiger partial charge < -0.3 is 19.7 Å². The van der Waals surface area contributed by atoms with Crippen LogP contribution >= 0.6 is 0 Å². The molecule has 0 radical (unpaired) electrons. The van der Waals surface area contributed by atoms with E-state index in [1.807, 2.05) is 11.0 Å². The van der Waals surface area contributed by atoms with Gasteiger partial charge in [0.2, 0.25) is 5.91 Å². The first-order valence-electron chi connectivity index (χ1n) is 5.89. The number of rotatable bonds is 3. The summed E-state index contributed by atoms with van der Waals surface area (Å²) >= 11 is 0. The molecule has 0 aliphatic carbocycles. The minimum absolute atomic E-state index is 0.0107. The number of hydrogen-bond donors (Lipinski definition) is 1. The fourth-order valence-electron chi connectivity index (χ4n) is 2.10. The van der Waals surface area contributed by atoms with Crippen LogP contribution in [-0.4, -0.2) is 32.7 Å². The predicted octanol–water partition coefficient (Wildman–Crippen LogP) is 1.87. The van der Waals surface area contributed by atoms with Gasteiger partial charge in [0, 0.05) is 18.2 Å². The van der Waals surface area contributed by atoms with E-state index >= 15 is 0 Å². The van der Waals surface area contributed by atoms with Gasteiger partial charge in [-0.25, -0.2) is 0 Å². The molecule has 0 spiro atoms. The van der Waals surface area contributed by atoms with Crippen molar-refractivity contribution in [3.05, 3.63) is 12.1 Å². The lowest BCUT2D eigenvalue weighted by Crippen LogP contribution is -2.42. The van der Waals surface area contributed by atoms with E-state index in [2.05, 4.69) is 19.2 Å². The van der Waals surface area contributed by atoms with E-state index in [0.29, 0.717) is 18.0 Å². The molecule has 0 aromatic heterocycles. The summed E-state index contributed by atoms with van der Waals surface area (Å²) in [7, 11) is 3.18. The average molecular weight is 250 g/mol. The highest BCUT2D eigenvalue weighted by Gasteiger charge is 2.25. The first-order chi connectivity index (χ1) is 8.56. The van der Waals surface area contributed by atoms with Crippen LogP contribution in [0.25, 0.3) is 0 Å². The summed E-state index contributed by atoms with van der Waals surface area (Å²) in [5.74, 6) is 1.27. The van der Waals surface area contributed by atoms with Crippen LogP contribution in [0.1, 0.15) is 13.8 Å². The van der Waals surface area contributed by atoms with E-state index in [9.17, 15) is 4.79 Å². The molecule has 0 atom stereocenters. The van der Waals surface area contributed by atoms with Gasteiger partial charge in [0.1, 0.15) is 0 Å². The lowest BCUT2D eigenvalue weighted by molar-refractivity contribution is -0.115. The molecule has 0 saturated carbocycles. The molecule has 18 heavy (non-hydrogen) atoms. The number of anilines is 2. The first kappa shape index (κ1) is 12.5. The number of nitrogens with zero attached hydrogens (tertiary/aromatic N) is 1. The van der Waals surface area contributed by atoms with Crippen LogP contribution in [0.15, 0.2) is 12.1 Å². The van der Waals surface area contributed by atoms with E-state index in [0.717, 1.165) is 11.4 Å². The van der Waals surface area contributed by atoms with Crippen LogP contribution in [-0.2, 0) is 4.79 Å². The highest BCUT2D eigenvalue weighted by atomic mass is 16.5. The van der Waals surface area contributed by atoms with Gasteiger partial charge in [0.15, 0.2) is 11.5 Å². The zero-order valence-corrected chi connectivity index (χ0v) is 11.1. The average Bonchev–Trinajstić information content (AvgIpc) is 2.35. The Hall–Kier alpha value is -1.91. The topological polar surface area (TPSA) is 50.8 Å². The maximum Gasteiger partial charge on any atom is 0.243 e. The van der Waals surface area contributed by atoms with Gasteiger partial charge in [-0.3, -0.25) is 4.79 Å². The van der Waals surface area contributed by atoms with Crippen LogP contribution in [0.5, 0.6) is 11.5 Å². The number of carbonyl (C=O) groups excluding carboxylic acids is 1. The number of ether oxygens (including phenoxy) is 2. The van der Waals surface area contributed by atoms with Crippen molar-refractivity contribution >= 4 is 17.3 Å². The van der Waals surface area contributed by atoms with E-state index in [1.54, 1.807) is 20.3 Å². The number of amides is 1. The molecule has 1 N–H and O–H groups in total. The number of hydrogen-bond acceptors (Lipinski definition) is 4. The van der Waals surface area contributed by atoms with Crippen molar-refractivity contribution in [3.8, 4) is 11.5 Å². The molecular weight excluding hydrogens is 232 g/mol. The lowest BCUT2D eigenvalue weighted by atomic mass is 10.1. The van der Waals surface area contributed by atoms with E-state index in [4.69, 9.17) is 9.47 Å². The summed E-state index contributed by atoms with van der Waals surface area (Å²) in [6.45, 7) is 4.47. The van der Waals surface area contributed by atoms with Crippen molar-refractivity contribution in [2.45, 2.75) is 19.9 Å². The standard InChI is InChI=1S/C13H18N2O3/c1-8(2)15-7-13(16)14-9-5-11(17-3)12(18-4)6-10(9)15/h5-6,8H,7H2,1-4H3,(H,14,16). The molecule has 1 aromatic rings. The summed E-state index contributed by atoms with van der Waals surface area (Å²) in [6.07, 6.45) is 0. The van der Waals surface area contributed by atoms with Crippen molar-refractivity contribution in [2.75, 3.05) is 31.0 Å². The lowest BCUT2D eigenvalue weighted by Gasteiger charge is -2.34. The maximum absolute atomic E-state index is 11.7. The molecule has 1 aliphatic heterocycles. The van der Waals surface area contributed by atoms with Crippen LogP contribution < -0.4 is 19.7 Å². The highest BCUT2D eigenvalue weighted by Crippen LogP contribution is 2.40. The predicted molar refractivity (Wildman–Crippen MR) is 70.7 cm³/mol. The Morgan fingerprint density at radius 1 is 1.22 bits per heavy atom. The zero-order chi connectivity index (χ0) is 13.3. The van der Waals surface area contributed by atoms with Crippen molar-refractivity contribution in [1.82, 2.24) is 0 Å². The molecule has 5 heteroatoms. The normalized spacial score (nSPS) is 14.3. The van der Waals surface area contributed by atoms with Crippen molar-refractivity contribution < 1.29 is 14.3 Å². The fraction of sp³-hybridized carbons (Fsp3) is 0.462. The number of benzene rings is 1. The fourth-order valence-corrected chi connectivity index (χ4v) is 2.10. The SMILES string of the molecule is COc1cc2c(cc1OC)N(C(C)C)CC(=O)N2. The second-order valence-corrected chi connectivity index (χ2v) is 4.49. The van der Waals surface area contributed by atoms with E-state index in [1.165, 1.54) is 0 Å². The smallest absolute Gasteiger partial charge is 0.243 e. The minimum atomic E-state index is -0.0107. The largest absolute Gasteiger partial charge is 0.493 e. The molecule has 1 amide bonds. The summed E-state index contributed by atoms with van der Waals surface area (Å²) in [6, 6.07) is 3.93. The summed E-state index contributed by atoms with van der Waals surface area (Å²) in [5.41, 5.74) is 1.72. The van der Waals surface area contributed by atoms with Crippen molar-refractivity contribution in [2.24, 2.45) is 0 Å². The molecule has 2 rings (SSSR count). The summed E-state index contributed by atoms with van der Waals surface area (Å²) in [4.78, 5) is 13.7. The molecule has 0 fully saturated rings. The summed E-state index contributed by atoms with van der Waals surface area (Å²) in [5, 5.41) is 2.85. The van der Waals surface area contributed by atoms with Gasteiger partial charge in [-0.1, -0.05) is 0 Å². The van der Waals surface area contributed by atoms with Crippen molar-refractivity contribution in [1.29, 1.82) is 0 Å². The van der Waals surface area contributed by atoms with Gasteiger partial charge in [-0.05, 0) is 13.8 Å². The second-order valence-electron chi connectivity index (χ2n) is 4.49. The quantitative estimate of drug-likeness (QED) is 0.889. The Morgan fingerprint density at radius 2 is 1.83 bits per heavy atom. The van der Waals surface area contributed by atoms with Gasteiger partial charge >= 0.3 is 0 Å². The van der Waals surface area contributed by atoms with Gasteiger partial charge in [0.25, 0.3) is 0 Å². The van der Waals surface area contributed by atoms with Crippen LogP contribution in [0.2, 0.25) is 0 Å². The third kappa shape index (κ3) is 2.08. The second kappa shape index (κ2) is 4.76. The molecule has 98 valence electrons. The maximum atomic E-state index is 11.7. The van der Waals surface area contributed by atoms with Gasteiger partial charge in [0.05, 0.1) is 32.1 Å². The third-order valence-electron chi connectivity index (χ3n) is 3.02. The zero-order valence-electron chi connectivity index (χ0n) is 11.1. The van der Waals surface area contributed by atoms with Crippen LogP contribution in [0.4, 0.5) is 11.4 Å². The molecule has 1 aliphatic rings. The Kier molecular flexibility index (Phi) is 3.32. The Morgan fingerprint density at radius 3 is 2.39 bits per heavy atom. The molecule has 0 saturated heterocycles. The van der Waals surface area contributed by atoms with E-state index in [-0.39, 0.29) is 11.9 Å².